The van der Waals surface area contributed by atoms with Gasteiger partial charge in [-0.3, -0.25) is 9.98 Å². The molecule has 0 unspecified atom stereocenters. The fourth-order valence-electron chi connectivity index (χ4n) is 2.64. The van der Waals surface area contributed by atoms with E-state index in [1.165, 1.54) is 5.56 Å². The number of aromatic nitrogens is 1. The highest BCUT2D eigenvalue weighted by Crippen LogP contribution is 2.17. The zero-order chi connectivity index (χ0) is 18.7. The Labute approximate surface area is 183 Å². The number of rotatable bonds is 7. The van der Waals surface area contributed by atoms with E-state index in [2.05, 4.69) is 38.8 Å². The Morgan fingerprint density at radius 3 is 2.54 bits per heavy atom. The number of nitrogens with one attached hydrogen (secondary N) is 2. The average Bonchev–Trinajstić information content (AvgIpc) is 2.75. The van der Waals surface area contributed by atoms with Gasteiger partial charge in [0.25, 0.3) is 0 Å². The summed E-state index contributed by atoms with van der Waals surface area (Å²) >= 11 is 0. The number of nitrogens with zero attached hydrogens (tertiary/aromatic N) is 2. The Kier molecular flexibility index (Phi) is 9.27. The van der Waals surface area contributed by atoms with Gasteiger partial charge in [-0.05, 0) is 35.9 Å². The van der Waals surface area contributed by atoms with E-state index in [1.54, 1.807) is 7.05 Å². The summed E-state index contributed by atoms with van der Waals surface area (Å²) in [4.78, 5) is 8.66. The maximum absolute atomic E-state index is 5.68. The van der Waals surface area contributed by atoms with Crippen LogP contribution in [-0.4, -0.2) is 31.1 Å². The zero-order valence-corrected chi connectivity index (χ0v) is 18.2. The molecule has 28 heavy (non-hydrogen) atoms. The number of hydrogen-bond donors (Lipinski definition) is 2. The van der Waals surface area contributed by atoms with E-state index in [4.69, 9.17) is 4.74 Å². The first-order valence-corrected chi connectivity index (χ1v) is 8.98. The molecule has 0 radical (unpaired) electrons. The van der Waals surface area contributed by atoms with Crippen LogP contribution in [0.5, 0.6) is 5.75 Å². The summed E-state index contributed by atoms with van der Waals surface area (Å²) in [6.45, 7) is 1.92. The van der Waals surface area contributed by atoms with Crippen molar-refractivity contribution in [1.82, 2.24) is 15.6 Å². The van der Waals surface area contributed by atoms with E-state index in [1.807, 2.05) is 60.8 Å². The van der Waals surface area contributed by atoms with Gasteiger partial charge >= 0.3 is 0 Å². The molecular weight excluding hydrogens is 463 g/mol. The second-order valence-corrected chi connectivity index (χ2v) is 5.93. The summed E-state index contributed by atoms with van der Waals surface area (Å²) in [5.74, 6) is 1.61. The predicted molar refractivity (Wildman–Crippen MR) is 125 cm³/mol. The lowest BCUT2D eigenvalue weighted by molar-refractivity contribution is 0.322. The van der Waals surface area contributed by atoms with Crippen LogP contribution in [0.3, 0.4) is 0 Å². The second kappa shape index (κ2) is 12.0. The van der Waals surface area contributed by atoms with Crippen LogP contribution in [0, 0.1) is 0 Å². The van der Waals surface area contributed by atoms with E-state index in [9.17, 15) is 0 Å². The molecule has 0 aliphatic heterocycles. The maximum Gasteiger partial charge on any atom is 0.191 e. The van der Waals surface area contributed by atoms with Crippen LogP contribution in [0.1, 0.15) is 5.56 Å². The minimum Gasteiger partial charge on any atom is -0.492 e. The third kappa shape index (κ3) is 6.84. The normalized spacial score (nSPS) is 10.7. The first kappa shape index (κ1) is 21.7. The van der Waals surface area contributed by atoms with Gasteiger partial charge in [-0.15, -0.1) is 24.0 Å². The summed E-state index contributed by atoms with van der Waals surface area (Å²) in [7, 11) is 1.76. The largest absolute Gasteiger partial charge is 0.492 e. The summed E-state index contributed by atoms with van der Waals surface area (Å²) in [5, 5.41) is 6.58. The first-order valence-electron chi connectivity index (χ1n) is 8.98. The highest BCUT2D eigenvalue weighted by Gasteiger charge is 2.02. The predicted octanol–water partition coefficient (Wildman–Crippen LogP) is 4.11. The molecule has 6 heteroatoms. The van der Waals surface area contributed by atoms with E-state index in [0.29, 0.717) is 19.7 Å². The minimum atomic E-state index is 0. The van der Waals surface area contributed by atoms with Crippen molar-refractivity contribution < 1.29 is 4.74 Å². The molecule has 146 valence electrons. The van der Waals surface area contributed by atoms with Crippen LogP contribution in [0.4, 0.5) is 0 Å². The number of pyridine rings is 1. The van der Waals surface area contributed by atoms with Gasteiger partial charge in [-0.1, -0.05) is 42.5 Å². The molecule has 3 aromatic rings. The summed E-state index contributed by atoms with van der Waals surface area (Å²) in [5.41, 5.74) is 3.25. The van der Waals surface area contributed by atoms with Gasteiger partial charge in [0.15, 0.2) is 5.96 Å². The van der Waals surface area contributed by atoms with E-state index in [-0.39, 0.29) is 24.0 Å². The molecule has 1 heterocycles. The summed E-state index contributed by atoms with van der Waals surface area (Å²) < 4.78 is 5.68. The zero-order valence-electron chi connectivity index (χ0n) is 15.8. The smallest absolute Gasteiger partial charge is 0.191 e. The maximum atomic E-state index is 5.68. The van der Waals surface area contributed by atoms with Gasteiger partial charge in [-0.25, -0.2) is 0 Å². The Morgan fingerprint density at radius 1 is 0.964 bits per heavy atom. The number of ether oxygens (including phenoxy) is 1. The van der Waals surface area contributed by atoms with Crippen molar-refractivity contribution in [3.05, 3.63) is 84.6 Å². The van der Waals surface area contributed by atoms with Crippen LogP contribution >= 0.6 is 24.0 Å². The number of hydrogen-bond acceptors (Lipinski definition) is 3. The number of guanidine groups is 1. The lowest BCUT2D eigenvalue weighted by atomic mass is 10.1. The molecule has 0 aliphatic rings. The number of halogens is 1. The Bertz CT molecular complexity index is 857. The van der Waals surface area contributed by atoms with Gasteiger partial charge in [0.05, 0.1) is 12.2 Å². The Morgan fingerprint density at radius 2 is 1.79 bits per heavy atom. The quantitative estimate of drug-likeness (QED) is 0.228. The van der Waals surface area contributed by atoms with Crippen LogP contribution in [0.25, 0.3) is 11.3 Å². The Hall–Kier alpha value is -2.61. The van der Waals surface area contributed by atoms with E-state index >= 15 is 0 Å². The molecule has 0 amide bonds. The molecule has 1 aromatic heterocycles. The van der Waals surface area contributed by atoms with Crippen LogP contribution in [0.15, 0.2) is 84.0 Å². The molecule has 2 N–H and O–H groups in total. The van der Waals surface area contributed by atoms with Crippen molar-refractivity contribution >= 4 is 29.9 Å². The highest BCUT2D eigenvalue weighted by molar-refractivity contribution is 14.0. The van der Waals surface area contributed by atoms with Crippen molar-refractivity contribution in [3.8, 4) is 17.0 Å². The summed E-state index contributed by atoms with van der Waals surface area (Å²) in [6.07, 6.45) is 1.81. The molecule has 0 atom stereocenters. The Balaban J connectivity index is 0.00000280. The average molecular weight is 488 g/mol. The molecular formula is C22H25IN4O. The molecule has 0 saturated heterocycles. The second-order valence-electron chi connectivity index (χ2n) is 5.93. The minimum absolute atomic E-state index is 0. The fraction of sp³-hybridized carbons (Fsp3) is 0.182. The SMILES string of the molecule is CN=C(NCCOc1ccccc1)NCc1cccc(-c2ccccn2)c1.I. The van der Waals surface area contributed by atoms with Crippen molar-refractivity contribution in [1.29, 1.82) is 0 Å². The molecule has 0 bridgehead atoms. The topological polar surface area (TPSA) is 58.5 Å². The molecule has 0 spiro atoms. The van der Waals surface area contributed by atoms with Crippen LogP contribution in [0.2, 0.25) is 0 Å². The van der Waals surface area contributed by atoms with Gasteiger partial charge in [0, 0.05) is 25.4 Å². The number of benzene rings is 2. The van der Waals surface area contributed by atoms with Crippen molar-refractivity contribution in [2.75, 3.05) is 20.2 Å². The molecule has 0 fully saturated rings. The lowest BCUT2D eigenvalue weighted by Crippen LogP contribution is -2.38. The molecule has 3 rings (SSSR count). The molecule has 5 nitrogen and oxygen atoms in total. The van der Waals surface area contributed by atoms with Crippen molar-refractivity contribution in [3.63, 3.8) is 0 Å². The van der Waals surface area contributed by atoms with E-state index in [0.717, 1.165) is 23.0 Å². The van der Waals surface area contributed by atoms with Crippen molar-refractivity contribution in [2.45, 2.75) is 6.54 Å². The van der Waals surface area contributed by atoms with Gasteiger partial charge in [0.2, 0.25) is 0 Å². The van der Waals surface area contributed by atoms with Gasteiger partial charge in [-0.2, -0.15) is 0 Å². The highest BCUT2D eigenvalue weighted by atomic mass is 127. The lowest BCUT2D eigenvalue weighted by Gasteiger charge is -2.13. The summed E-state index contributed by atoms with van der Waals surface area (Å²) in [6, 6.07) is 24.1. The fourth-order valence-corrected chi connectivity index (χ4v) is 2.64. The third-order valence-electron chi connectivity index (χ3n) is 3.98. The van der Waals surface area contributed by atoms with Crippen molar-refractivity contribution in [2.24, 2.45) is 4.99 Å². The number of aliphatic imine (C=N–C) groups is 1. The number of para-hydroxylation sites is 1. The van der Waals surface area contributed by atoms with E-state index < -0.39 is 0 Å². The van der Waals surface area contributed by atoms with Gasteiger partial charge in [0.1, 0.15) is 12.4 Å². The molecule has 0 aliphatic carbocycles. The molecule has 2 aromatic carbocycles. The van der Waals surface area contributed by atoms with Gasteiger partial charge < -0.3 is 15.4 Å². The first-order chi connectivity index (χ1) is 13.3. The third-order valence-corrected chi connectivity index (χ3v) is 3.98. The standard InChI is InChI=1S/C22H24N4O.HI/c1-23-22(25-14-15-27-20-10-3-2-4-11-20)26-17-18-8-7-9-19(16-18)21-12-5-6-13-24-21;/h2-13,16H,14-15,17H2,1H3,(H2,23,25,26);1H. The molecule has 0 saturated carbocycles. The van der Waals surface area contributed by atoms with Crippen LogP contribution < -0.4 is 15.4 Å². The van der Waals surface area contributed by atoms with Crippen LogP contribution in [-0.2, 0) is 6.54 Å². The monoisotopic (exact) mass is 488 g/mol.